The third-order valence-electron chi connectivity index (χ3n) is 2.88. The minimum Gasteiger partial charge on any atom is -0.396 e. The van der Waals surface area contributed by atoms with Crippen molar-refractivity contribution in [2.24, 2.45) is 0 Å². The standard InChI is InChI=1S/C13H18N6O/c1-8(2)12-15-6-10(14)11(18-12)13(20)19(3)7-9-4-16-17-5-9/h4-6,8H,7,14H2,1-3H3,(H,16,17). The number of rotatable bonds is 4. The van der Waals surface area contributed by atoms with E-state index in [-0.39, 0.29) is 17.5 Å². The molecule has 1 amide bonds. The lowest BCUT2D eigenvalue weighted by atomic mass is 10.2. The number of aromatic nitrogens is 4. The number of nitrogens with one attached hydrogen (secondary N) is 1. The SMILES string of the molecule is CC(C)c1ncc(N)c(C(=O)N(C)Cc2cn[nH]c2)n1. The van der Waals surface area contributed by atoms with E-state index >= 15 is 0 Å². The molecule has 0 bridgehead atoms. The Kier molecular flexibility index (Phi) is 3.97. The van der Waals surface area contributed by atoms with E-state index in [0.717, 1.165) is 5.56 Å². The van der Waals surface area contributed by atoms with E-state index in [2.05, 4.69) is 20.2 Å². The largest absolute Gasteiger partial charge is 0.396 e. The Morgan fingerprint density at radius 1 is 1.45 bits per heavy atom. The first-order chi connectivity index (χ1) is 9.49. The highest BCUT2D eigenvalue weighted by Gasteiger charge is 2.19. The van der Waals surface area contributed by atoms with Gasteiger partial charge in [0.1, 0.15) is 5.82 Å². The Bertz CT molecular complexity index is 593. The Labute approximate surface area is 117 Å². The van der Waals surface area contributed by atoms with Gasteiger partial charge in [-0.15, -0.1) is 0 Å². The lowest BCUT2D eigenvalue weighted by molar-refractivity contribution is 0.0780. The first kappa shape index (κ1) is 14.0. The molecule has 2 aromatic rings. The van der Waals surface area contributed by atoms with E-state index in [1.165, 1.54) is 6.20 Å². The number of nitrogens with two attached hydrogens (primary N) is 1. The van der Waals surface area contributed by atoms with Crippen LogP contribution in [0.3, 0.4) is 0 Å². The summed E-state index contributed by atoms with van der Waals surface area (Å²) in [5, 5.41) is 6.56. The number of nitrogens with zero attached hydrogens (tertiary/aromatic N) is 4. The second-order valence-corrected chi connectivity index (χ2v) is 4.95. The Morgan fingerprint density at radius 3 is 2.80 bits per heavy atom. The maximum atomic E-state index is 12.4. The molecule has 0 fully saturated rings. The molecule has 0 saturated carbocycles. The van der Waals surface area contributed by atoms with Gasteiger partial charge < -0.3 is 10.6 Å². The topological polar surface area (TPSA) is 101 Å². The van der Waals surface area contributed by atoms with Crippen LogP contribution in [0, 0.1) is 0 Å². The van der Waals surface area contributed by atoms with Crippen molar-refractivity contribution in [3.05, 3.63) is 35.7 Å². The first-order valence-corrected chi connectivity index (χ1v) is 6.34. The third-order valence-corrected chi connectivity index (χ3v) is 2.88. The fraction of sp³-hybridized carbons (Fsp3) is 0.385. The number of H-pyrrole nitrogens is 1. The first-order valence-electron chi connectivity index (χ1n) is 6.34. The minimum atomic E-state index is -0.229. The summed E-state index contributed by atoms with van der Waals surface area (Å²) in [6.07, 6.45) is 4.90. The summed E-state index contributed by atoms with van der Waals surface area (Å²) >= 11 is 0. The minimum absolute atomic E-state index is 0.140. The van der Waals surface area contributed by atoms with Crippen molar-refractivity contribution in [1.29, 1.82) is 0 Å². The molecule has 0 aliphatic carbocycles. The third kappa shape index (κ3) is 2.93. The number of carbonyl (C=O) groups excluding carboxylic acids is 1. The summed E-state index contributed by atoms with van der Waals surface area (Å²) in [7, 11) is 1.70. The lowest BCUT2D eigenvalue weighted by Crippen LogP contribution is -2.28. The summed E-state index contributed by atoms with van der Waals surface area (Å²) in [5.41, 5.74) is 7.26. The molecule has 2 rings (SSSR count). The zero-order valence-corrected chi connectivity index (χ0v) is 11.8. The number of amides is 1. The maximum absolute atomic E-state index is 12.4. The van der Waals surface area contributed by atoms with Gasteiger partial charge in [-0.1, -0.05) is 13.8 Å². The molecule has 0 saturated heterocycles. The second kappa shape index (κ2) is 5.68. The molecule has 0 unspecified atom stereocenters. The van der Waals surface area contributed by atoms with E-state index in [9.17, 15) is 4.79 Å². The normalized spacial score (nSPS) is 10.8. The van der Waals surface area contributed by atoms with Gasteiger partial charge in [0.15, 0.2) is 5.69 Å². The molecule has 20 heavy (non-hydrogen) atoms. The summed E-state index contributed by atoms with van der Waals surface area (Å²) < 4.78 is 0. The van der Waals surface area contributed by atoms with Crippen molar-refractivity contribution >= 4 is 11.6 Å². The van der Waals surface area contributed by atoms with E-state index in [4.69, 9.17) is 5.73 Å². The van der Waals surface area contributed by atoms with Crippen molar-refractivity contribution in [1.82, 2.24) is 25.1 Å². The van der Waals surface area contributed by atoms with E-state index in [1.807, 2.05) is 13.8 Å². The molecule has 7 nitrogen and oxygen atoms in total. The van der Waals surface area contributed by atoms with Crippen LogP contribution in [0.2, 0.25) is 0 Å². The number of hydrogen-bond acceptors (Lipinski definition) is 5. The average molecular weight is 274 g/mol. The van der Waals surface area contributed by atoms with Crippen molar-refractivity contribution in [2.45, 2.75) is 26.3 Å². The summed E-state index contributed by atoms with van der Waals surface area (Å²) in [5.74, 6) is 0.522. The van der Waals surface area contributed by atoms with Crippen LogP contribution in [0.15, 0.2) is 18.6 Å². The van der Waals surface area contributed by atoms with Gasteiger partial charge in [-0.2, -0.15) is 5.10 Å². The molecular formula is C13H18N6O. The number of hydrogen-bond donors (Lipinski definition) is 2. The zero-order chi connectivity index (χ0) is 14.7. The number of nitrogen functional groups attached to an aromatic ring is 1. The molecule has 2 heterocycles. The highest BCUT2D eigenvalue weighted by atomic mass is 16.2. The van der Waals surface area contributed by atoms with Gasteiger partial charge in [-0.3, -0.25) is 9.89 Å². The maximum Gasteiger partial charge on any atom is 0.274 e. The van der Waals surface area contributed by atoms with Crippen LogP contribution in [-0.4, -0.2) is 38.0 Å². The highest BCUT2D eigenvalue weighted by molar-refractivity contribution is 5.96. The van der Waals surface area contributed by atoms with Crippen molar-refractivity contribution in [2.75, 3.05) is 12.8 Å². The van der Waals surface area contributed by atoms with Crippen LogP contribution >= 0.6 is 0 Å². The highest BCUT2D eigenvalue weighted by Crippen LogP contribution is 2.15. The molecule has 0 aliphatic rings. The Morgan fingerprint density at radius 2 is 2.20 bits per heavy atom. The molecule has 0 aromatic carbocycles. The fourth-order valence-corrected chi connectivity index (χ4v) is 1.74. The van der Waals surface area contributed by atoms with E-state index in [0.29, 0.717) is 18.1 Å². The quantitative estimate of drug-likeness (QED) is 0.871. The molecule has 3 N–H and O–H groups in total. The zero-order valence-electron chi connectivity index (χ0n) is 11.8. The monoisotopic (exact) mass is 274 g/mol. The number of aromatic amines is 1. The molecule has 0 radical (unpaired) electrons. The van der Waals surface area contributed by atoms with Crippen LogP contribution in [0.1, 0.15) is 41.6 Å². The van der Waals surface area contributed by atoms with Gasteiger partial charge in [-0.05, 0) is 0 Å². The average Bonchev–Trinajstić information content (AvgIpc) is 2.91. The molecule has 7 heteroatoms. The number of anilines is 1. The predicted octanol–water partition coefficient (Wildman–Crippen LogP) is 1.18. The van der Waals surface area contributed by atoms with Gasteiger partial charge >= 0.3 is 0 Å². The van der Waals surface area contributed by atoms with Crippen LogP contribution in [0.5, 0.6) is 0 Å². The summed E-state index contributed by atoms with van der Waals surface area (Å²) in [6, 6.07) is 0. The van der Waals surface area contributed by atoms with Crippen molar-refractivity contribution in [3.63, 3.8) is 0 Å². The molecule has 0 aliphatic heterocycles. The Balaban J connectivity index is 2.21. The smallest absolute Gasteiger partial charge is 0.274 e. The fourth-order valence-electron chi connectivity index (χ4n) is 1.74. The summed E-state index contributed by atoms with van der Waals surface area (Å²) in [6.45, 7) is 4.37. The number of carbonyl (C=O) groups is 1. The van der Waals surface area contributed by atoms with Gasteiger partial charge in [0.2, 0.25) is 0 Å². The van der Waals surface area contributed by atoms with E-state index in [1.54, 1.807) is 24.3 Å². The van der Waals surface area contributed by atoms with Crippen LogP contribution in [-0.2, 0) is 6.54 Å². The van der Waals surface area contributed by atoms with Gasteiger partial charge in [0, 0.05) is 31.3 Å². The molecule has 2 aromatic heterocycles. The second-order valence-electron chi connectivity index (χ2n) is 4.95. The molecule has 0 spiro atoms. The van der Waals surface area contributed by atoms with Gasteiger partial charge in [0.05, 0.1) is 18.1 Å². The predicted molar refractivity (Wildman–Crippen MR) is 74.9 cm³/mol. The van der Waals surface area contributed by atoms with Crippen LogP contribution < -0.4 is 5.73 Å². The van der Waals surface area contributed by atoms with E-state index < -0.39 is 0 Å². The lowest BCUT2D eigenvalue weighted by Gasteiger charge is -2.17. The van der Waals surface area contributed by atoms with Crippen molar-refractivity contribution < 1.29 is 4.79 Å². The summed E-state index contributed by atoms with van der Waals surface area (Å²) in [4.78, 5) is 22.3. The molecule has 106 valence electrons. The molecular weight excluding hydrogens is 256 g/mol. The van der Waals surface area contributed by atoms with Crippen molar-refractivity contribution in [3.8, 4) is 0 Å². The van der Waals surface area contributed by atoms with Gasteiger partial charge in [0.25, 0.3) is 5.91 Å². The van der Waals surface area contributed by atoms with Crippen LogP contribution in [0.4, 0.5) is 5.69 Å². The van der Waals surface area contributed by atoms with Crippen LogP contribution in [0.25, 0.3) is 0 Å². The Hall–Kier alpha value is -2.44. The van der Waals surface area contributed by atoms with Gasteiger partial charge in [-0.25, -0.2) is 9.97 Å². The molecule has 0 atom stereocenters.